The average Bonchev–Trinajstić information content (AvgIpc) is 3.13. The largest absolute Gasteiger partial charge is 0.391 e. The number of imidazole rings is 1. The van der Waals surface area contributed by atoms with E-state index in [0.717, 1.165) is 28.1 Å². The van der Waals surface area contributed by atoms with Crippen molar-refractivity contribution in [3.8, 4) is 22.5 Å². The molecule has 0 saturated heterocycles. The van der Waals surface area contributed by atoms with Crippen LogP contribution in [0.25, 0.3) is 22.5 Å². The highest BCUT2D eigenvalue weighted by Crippen LogP contribution is 2.31. The molecule has 0 fully saturated rings. The highest BCUT2D eigenvalue weighted by atomic mass is 16.3. The van der Waals surface area contributed by atoms with Crippen LogP contribution in [-0.4, -0.2) is 25.7 Å². The number of aliphatic hydroxyl groups is 1. The molecule has 0 aliphatic heterocycles. The fraction of sp³-hybridized carbons (Fsp3) is 0.130. The molecule has 27 heavy (non-hydrogen) atoms. The Bertz CT molecular complexity index is 982. The molecule has 0 aliphatic rings. The number of benzene rings is 2. The lowest BCUT2D eigenvalue weighted by Gasteiger charge is -2.15. The normalized spacial score (nSPS) is 12.0. The zero-order valence-corrected chi connectivity index (χ0v) is 14.9. The van der Waals surface area contributed by atoms with Gasteiger partial charge in [-0.05, 0) is 17.7 Å². The van der Waals surface area contributed by atoms with Crippen LogP contribution in [0.4, 0.5) is 0 Å². The van der Waals surface area contributed by atoms with Crippen molar-refractivity contribution in [2.45, 2.75) is 19.1 Å². The van der Waals surface area contributed by atoms with Gasteiger partial charge < -0.3 is 9.67 Å². The van der Waals surface area contributed by atoms with E-state index in [4.69, 9.17) is 0 Å². The second-order valence-corrected chi connectivity index (χ2v) is 6.54. The Morgan fingerprint density at radius 1 is 0.815 bits per heavy atom. The highest BCUT2D eigenvalue weighted by molar-refractivity contribution is 5.78. The summed E-state index contributed by atoms with van der Waals surface area (Å²) in [6, 6.07) is 24.1. The lowest BCUT2D eigenvalue weighted by molar-refractivity contribution is 0.155. The van der Waals surface area contributed by atoms with Crippen LogP contribution in [0.1, 0.15) is 5.56 Å². The van der Waals surface area contributed by atoms with E-state index >= 15 is 0 Å². The number of nitrogens with zero attached hydrogens (tertiary/aromatic N) is 3. The van der Waals surface area contributed by atoms with Crippen LogP contribution in [-0.2, 0) is 13.0 Å². The van der Waals surface area contributed by atoms with Gasteiger partial charge in [0.15, 0.2) is 0 Å². The highest BCUT2D eigenvalue weighted by Gasteiger charge is 2.17. The molecule has 0 bridgehead atoms. The third-order valence-corrected chi connectivity index (χ3v) is 4.56. The first-order chi connectivity index (χ1) is 13.3. The summed E-state index contributed by atoms with van der Waals surface area (Å²) < 4.78 is 2.03. The average molecular weight is 355 g/mol. The molecule has 0 unspecified atom stereocenters. The summed E-state index contributed by atoms with van der Waals surface area (Å²) >= 11 is 0. The minimum absolute atomic E-state index is 0.479. The van der Waals surface area contributed by atoms with Gasteiger partial charge in [-0.2, -0.15) is 0 Å². The minimum Gasteiger partial charge on any atom is -0.391 e. The Kier molecular flexibility index (Phi) is 5.08. The van der Waals surface area contributed by atoms with Crippen LogP contribution >= 0.6 is 0 Å². The molecule has 4 rings (SSSR count). The van der Waals surface area contributed by atoms with Crippen molar-refractivity contribution in [1.29, 1.82) is 0 Å². The molecule has 0 radical (unpaired) electrons. The maximum Gasteiger partial charge on any atom is 0.0963 e. The molecule has 1 N–H and O–H groups in total. The van der Waals surface area contributed by atoms with Gasteiger partial charge in [-0.15, -0.1) is 0 Å². The van der Waals surface area contributed by atoms with Crippen LogP contribution in [0.5, 0.6) is 0 Å². The zero-order valence-electron chi connectivity index (χ0n) is 14.9. The first kappa shape index (κ1) is 17.2. The van der Waals surface area contributed by atoms with E-state index in [1.54, 1.807) is 12.4 Å². The predicted molar refractivity (Wildman–Crippen MR) is 107 cm³/mol. The molecule has 1 atom stereocenters. The van der Waals surface area contributed by atoms with Crippen LogP contribution in [0.15, 0.2) is 91.5 Å². The van der Waals surface area contributed by atoms with E-state index in [1.807, 2.05) is 71.6 Å². The molecule has 2 aromatic carbocycles. The van der Waals surface area contributed by atoms with Gasteiger partial charge in [0.1, 0.15) is 0 Å². The van der Waals surface area contributed by atoms with Crippen molar-refractivity contribution in [2.75, 3.05) is 0 Å². The number of aliphatic hydroxyl groups excluding tert-OH is 1. The molecule has 134 valence electrons. The smallest absolute Gasteiger partial charge is 0.0963 e. The minimum atomic E-state index is -0.495. The van der Waals surface area contributed by atoms with Crippen molar-refractivity contribution < 1.29 is 5.11 Å². The van der Waals surface area contributed by atoms with Crippen molar-refractivity contribution in [3.05, 3.63) is 97.1 Å². The van der Waals surface area contributed by atoms with Gasteiger partial charge in [-0.3, -0.25) is 4.98 Å². The monoisotopic (exact) mass is 355 g/mol. The maximum atomic E-state index is 10.6. The summed E-state index contributed by atoms with van der Waals surface area (Å²) in [5, 5.41) is 10.6. The lowest BCUT2D eigenvalue weighted by Crippen LogP contribution is -2.18. The first-order valence-corrected chi connectivity index (χ1v) is 9.04. The fourth-order valence-corrected chi connectivity index (χ4v) is 3.32. The summed E-state index contributed by atoms with van der Waals surface area (Å²) in [7, 11) is 0. The van der Waals surface area contributed by atoms with E-state index in [-0.39, 0.29) is 0 Å². The van der Waals surface area contributed by atoms with E-state index in [2.05, 4.69) is 22.1 Å². The Balaban J connectivity index is 1.67. The third kappa shape index (κ3) is 3.96. The summed E-state index contributed by atoms with van der Waals surface area (Å²) in [6.45, 7) is 0.479. The Labute approximate surface area is 158 Å². The zero-order chi connectivity index (χ0) is 18.5. The Morgan fingerprint density at radius 3 is 2.19 bits per heavy atom. The van der Waals surface area contributed by atoms with Crippen LogP contribution in [0.2, 0.25) is 0 Å². The quantitative estimate of drug-likeness (QED) is 0.563. The van der Waals surface area contributed by atoms with E-state index in [0.29, 0.717) is 13.0 Å². The number of aromatic nitrogens is 3. The molecular weight excluding hydrogens is 334 g/mol. The van der Waals surface area contributed by atoms with Crippen molar-refractivity contribution in [2.24, 2.45) is 0 Å². The maximum absolute atomic E-state index is 10.6. The molecule has 0 saturated carbocycles. The number of hydrogen-bond donors (Lipinski definition) is 1. The lowest BCUT2D eigenvalue weighted by atomic mass is 10.0. The van der Waals surface area contributed by atoms with Gasteiger partial charge in [-0.1, -0.05) is 60.7 Å². The standard InChI is InChI=1S/C23H21N3O/c27-21(15-18-7-3-1-4-8-18)16-26-17-25-22(19-9-5-2-6-10-19)23(26)20-11-13-24-14-12-20/h1-14,17,21,27H,15-16H2/t21-/m0/s1. The SMILES string of the molecule is O[C@@H](Cc1ccccc1)Cn1cnc(-c2ccccc2)c1-c1ccncc1. The van der Waals surface area contributed by atoms with Gasteiger partial charge in [0.2, 0.25) is 0 Å². The summed E-state index contributed by atoms with van der Waals surface area (Å²) in [5.41, 5.74) is 5.12. The van der Waals surface area contributed by atoms with Gasteiger partial charge in [-0.25, -0.2) is 4.98 Å². The van der Waals surface area contributed by atoms with Crippen molar-refractivity contribution >= 4 is 0 Å². The third-order valence-electron chi connectivity index (χ3n) is 4.56. The van der Waals surface area contributed by atoms with Crippen molar-refractivity contribution in [1.82, 2.24) is 14.5 Å². The van der Waals surface area contributed by atoms with E-state index in [1.165, 1.54) is 0 Å². The number of pyridine rings is 1. The summed E-state index contributed by atoms with van der Waals surface area (Å²) in [5.74, 6) is 0. The summed E-state index contributed by atoms with van der Waals surface area (Å²) in [6.07, 6.45) is 5.48. The van der Waals surface area contributed by atoms with Gasteiger partial charge >= 0.3 is 0 Å². The second-order valence-electron chi connectivity index (χ2n) is 6.54. The molecular formula is C23H21N3O. The molecule has 2 aromatic heterocycles. The molecule has 2 heterocycles. The van der Waals surface area contributed by atoms with Gasteiger partial charge in [0.05, 0.1) is 30.4 Å². The van der Waals surface area contributed by atoms with E-state index < -0.39 is 6.10 Å². The second kappa shape index (κ2) is 7.98. The molecule has 4 aromatic rings. The van der Waals surface area contributed by atoms with Gasteiger partial charge in [0.25, 0.3) is 0 Å². The Hall–Kier alpha value is -3.24. The van der Waals surface area contributed by atoms with Crippen molar-refractivity contribution in [3.63, 3.8) is 0 Å². The molecule has 4 heteroatoms. The molecule has 4 nitrogen and oxygen atoms in total. The summed E-state index contributed by atoms with van der Waals surface area (Å²) in [4.78, 5) is 8.78. The predicted octanol–water partition coefficient (Wildman–Crippen LogP) is 4.22. The van der Waals surface area contributed by atoms with E-state index in [9.17, 15) is 5.11 Å². The topological polar surface area (TPSA) is 50.9 Å². The molecule has 0 spiro atoms. The van der Waals surface area contributed by atoms with Crippen LogP contribution in [0, 0.1) is 0 Å². The molecule has 0 amide bonds. The Morgan fingerprint density at radius 2 is 1.48 bits per heavy atom. The first-order valence-electron chi connectivity index (χ1n) is 9.04. The van der Waals surface area contributed by atoms with Crippen LogP contribution < -0.4 is 0 Å². The number of hydrogen-bond acceptors (Lipinski definition) is 3. The van der Waals surface area contributed by atoms with Crippen LogP contribution in [0.3, 0.4) is 0 Å². The van der Waals surface area contributed by atoms with Gasteiger partial charge in [0, 0.05) is 29.9 Å². The number of rotatable bonds is 6. The fourth-order valence-electron chi connectivity index (χ4n) is 3.32. The molecule has 0 aliphatic carbocycles.